The number of nitrogens with one attached hydrogen (secondary N) is 2. The maximum absolute atomic E-state index is 11.5. The van der Waals surface area contributed by atoms with Crippen molar-refractivity contribution in [2.45, 2.75) is 31.3 Å². The molecule has 18 heavy (non-hydrogen) atoms. The highest BCUT2D eigenvalue weighted by Gasteiger charge is 2.22. The second kappa shape index (κ2) is 6.52. The predicted octanol–water partition coefficient (Wildman–Crippen LogP) is 0.978. The number of aliphatic hydroxyl groups excluding tert-OH is 1. The van der Waals surface area contributed by atoms with E-state index in [2.05, 4.69) is 10.6 Å². The molecule has 1 aromatic carbocycles. The molecule has 1 saturated carbocycles. The van der Waals surface area contributed by atoms with Gasteiger partial charge in [0.05, 0.1) is 12.6 Å². The smallest absolute Gasteiger partial charge is 0.221 e. The van der Waals surface area contributed by atoms with Crippen molar-refractivity contribution in [2.75, 3.05) is 13.2 Å². The summed E-state index contributed by atoms with van der Waals surface area (Å²) in [5.41, 5.74) is 1.04. The molecular weight excluding hydrogens is 228 g/mol. The first kappa shape index (κ1) is 13.1. The molecule has 0 saturated heterocycles. The Morgan fingerprint density at radius 1 is 1.33 bits per heavy atom. The Morgan fingerprint density at radius 2 is 2.06 bits per heavy atom. The van der Waals surface area contributed by atoms with Crippen LogP contribution in [0, 0.1) is 0 Å². The van der Waals surface area contributed by atoms with Crippen LogP contribution in [0.5, 0.6) is 0 Å². The quantitative estimate of drug-likeness (QED) is 0.674. The molecule has 0 aliphatic heterocycles. The number of carbonyl (C=O) groups excluding carboxylic acids is 1. The van der Waals surface area contributed by atoms with E-state index >= 15 is 0 Å². The standard InChI is InChI=1S/C14H20N2O2/c17-10-13(11-4-2-1-3-5-11)15-9-8-14(18)16-12-6-7-12/h1-5,12-13,15,17H,6-10H2,(H,16,18). The van der Waals surface area contributed by atoms with E-state index in [4.69, 9.17) is 0 Å². The van der Waals surface area contributed by atoms with Gasteiger partial charge in [-0.25, -0.2) is 0 Å². The van der Waals surface area contributed by atoms with Gasteiger partial charge in [-0.05, 0) is 18.4 Å². The summed E-state index contributed by atoms with van der Waals surface area (Å²) in [7, 11) is 0. The van der Waals surface area contributed by atoms with Crippen LogP contribution in [0.2, 0.25) is 0 Å². The van der Waals surface area contributed by atoms with Crippen LogP contribution < -0.4 is 10.6 Å². The highest BCUT2D eigenvalue weighted by atomic mass is 16.3. The maximum Gasteiger partial charge on any atom is 0.221 e. The van der Waals surface area contributed by atoms with Gasteiger partial charge < -0.3 is 15.7 Å². The Kier molecular flexibility index (Phi) is 4.73. The fourth-order valence-corrected chi connectivity index (χ4v) is 1.86. The van der Waals surface area contributed by atoms with Crippen LogP contribution in [0.25, 0.3) is 0 Å². The average Bonchev–Trinajstić information content (AvgIpc) is 3.19. The molecule has 0 aromatic heterocycles. The fourth-order valence-electron chi connectivity index (χ4n) is 1.86. The van der Waals surface area contributed by atoms with Crippen molar-refractivity contribution in [1.29, 1.82) is 0 Å². The lowest BCUT2D eigenvalue weighted by Gasteiger charge is -2.16. The summed E-state index contributed by atoms with van der Waals surface area (Å²) >= 11 is 0. The van der Waals surface area contributed by atoms with Crippen LogP contribution in [-0.4, -0.2) is 30.2 Å². The highest BCUT2D eigenvalue weighted by molar-refractivity contribution is 5.76. The fraction of sp³-hybridized carbons (Fsp3) is 0.500. The Balaban J connectivity index is 1.71. The lowest BCUT2D eigenvalue weighted by molar-refractivity contribution is -0.121. The van der Waals surface area contributed by atoms with Crippen LogP contribution in [-0.2, 0) is 4.79 Å². The van der Waals surface area contributed by atoms with E-state index in [9.17, 15) is 9.90 Å². The maximum atomic E-state index is 11.5. The van der Waals surface area contributed by atoms with Gasteiger partial charge in [0, 0.05) is 19.0 Å². The van der Waals surface area contributed by atoms with Gasteiger partial charge in [0.2, 0.25) is 5.91 Å². The molecule has 1 unspecified atom stereocenters. The van der Waals surface area contributed by atoms with Crippen molar-refractivity contribution < 1.29 is 9.90 Å². The molecule has 0 spiro atoms. The zero-order chi connectivity index (χ0) is 12.8. The molecule has 0 heterocycles. The van der Waals surface area contributed by atoms with Crippen molar-refractivity contribution in [2.24, 2.45) is 0 Å². The third kappa shape index (κ3) is 4.13. The van der Waals surface area contributed by atoms with E-state index in [0.717, 1.165) is 18.4 Å². The molecule has 1 aliphatic rings. The molecular formula is C14H20N2O2. The number of benzene rings is 1. The topological polar surface area (TPSA) is 61.4 Å². The first-order valence-corrected chi connectivity index (χ1v) is 6.48. The third-order valence-electron chi connectivity index (χ3n) is 3.07. The molecule has 3 N–H and O–H groups in total. The minimum absolute atomic E-state index is 0.0360. The van der Waals surface area contributed by atoms with Crippen LogP contribution in [0.1, 0.15) is 30.9 Å². The van der Waals surface area contributed by atoms with Gasteiger partial charge in [-0.2, -0.15) is 0 Å². The van der Waals surface area contributed by atoms with Crippen LogP contribution >= 0.6 is 0 Å². The van der Waals surface area contributed by atoms with Crippen molar-refractivity contribution >= 4 is 5.91 Å². The molecule has 1 atom stereocenters. The third-order valence-corrected chi connectivity index (χ3v) is 3.07. The highest BCUT2D eigenvalue weighted by Crippen LogP contribution is 2.18. The minimum atomic E-state index is -0.0973. The summed E-state index contributed by atoms with van der Waals surface area (Å²) in [5.74, 6) is 0.0924. The van der Waals surface area contributed by atoms with Crippen LogP contribution in [0.4, 0.5) is 0 Å². The lowest BCUT2D eigenvalue weighted by Crippen LogP contribution is -2.31. The van der Waals surface area contributed by atoms with Gasteiger partial charge in [-0.15, -0.1) is 0 Å². The SMILES string of the molecule is O=C(CCNC(CO)c1ccccc1)NC1CC1. The zero-order valence-electron chi connectivity index (χ0n) is 10.4. The molecule has 1 amide bonds. The molecule has 4 nitrogen and oxygen atoms in total. The molecule has 98 valence electrons. The first-order chi connectivity index (χ1) is 8.79. The lowest BCUT2D eigenvalue weighted by atomic mass is 10.1. The Hall–Kier alpha value is -1.39. The number of rotatable bonds is 7. The van der Waals surface area contributed by atoms with Crippen molar-refractivity contribution in [3.63, 3.8) is 0 Å². The van der Waals surface area contributed by atoms with Crippen LogP contribution in [0.3, 0.4) is 0 Å². The van der Waals surface area contributed by atoms with Gasteiger partial charge in [-0.3, -0.25) is 4.79 Å². The van der Waals surface area contributed by atoms with E-state index in [1.165, 1.54) is 0 Å². The monoisotopic (exact) mass is 248 g/mol. The Labute approximate surface area is 107 Å². The van der Waals surface area contributed by atoms with Crippen molar-refractivity contribution in [3.8, 4) is 0 Å². The van der Waals surface area contributed by atoms with Gasteiger partial charge in [0.25, 0.3) is 0 Å². The summed E-state index contributed by atoms with van der Waals surface area (Å²) in [4.78, 5) is 11.5. The molecule has 0 radical (unpaired) electrons. The summed E-state index contributed by atoms with van der Waals surface area (Å²) in [5, 5.41) is 15.5. The van der Waals surface area contributed by atoms with Crippen molar-refractivity contribution in [3.05, 3.63) is 35.9 Å². The number of hydrogen-bond acceptors (Lipinski definition) is 3. The van der Waals surface area contributed by atoms with Crippen molar-refractivity contribution in [1.82, 2.24) is 10.6 Å². The largest absolute Gasteiger partial charge is 0.394 e. The minimum Gasteiger partial charge on any atom is -0.394 e. The number of hydrogen-bond donors (Lipinski definition) is 3. The molecule has 1 fully saturated rings. The summed E-state index contributed by atoms with van der Waals surface area (Å²) < 4.78 is 0. The molecule has 0 bridgehead atoms. The zero-order valence-corrected chi connectivity index (χ0v) is 10.4. The first-order valence-electron chi connectivity index (χ1n) is 6.48. The summed E-state index contributed by atoms with van der Waals surface area (Å²) in [6, 6.07) is 10.1. The Morgan fingerprint density at radius 3 is 2.67 bits per heavy atom. The molecule has 2 rings (SSSR count). The van der Waals surface area contributed by atoms with E-state index in [1.54, 1.807) is 0 Å². The van der Waals surface area contributed by atoms with Gasteiger partial charge in [0.15, 0.2) is 0 Å². The second-order valence-corrected chi connectivity index (χ2v) is 4.69. The van der Waals surface area contributed by atoms with Gasteiger partial charge >= 0.3 is 0 Å². The van der Waals surface area contributed by atoms with E-state index in [1.807, 2.05) is 30.3 Å². The number of carbonyl (C=O) groups is 1. The molecule has 1 aromatic rings. The summed E-state index contributed by atoms with van der Waals surface area (Å²) in [6.07, 6.45) is 2.69. The predicted molar refractivity (Wildman–Crippen MR) is 70.1 cm³/mol. The Bertz CT molecular complexity index is 377. The average molecular weight is 248 g/mol. The van der Waals surface area contributed by atoms with E-state index < -0.39 is 0 Å². The second-order valence-electron chi connectivity index (χ2n) is 4.69. The van der Waals surface area contributed by atoms with Crippen LogP contribution in [0.15, 0.2) is 30.3 Å². The van der Waals surface area contributed by atoms with E-state index in [0.29, 0.717) is 19.0 Å². The summed E-state index contributed by atoms with van der Waals surface area (Å²) in [6.45, 7) is 0.618. The molecule has 4 heteroatoms. The van der Waals surface area contributed by atoms with Gasteiger partial charge in [-0.1, -0.05) is 30.3 Å². The van der Waals surface area contributed by atoms with E-state index in [-0.39, 0.29) is 18.6 Å². The molecule has 1 aliphatic carbocycles. The number of amides is 1. The number of aliphatic hydroxyl groups is 1. The normalized spacial score (nSPS) is 16.3. The van der Waals surface area contributed by atoms with Gasteiger partial charge in [0.1, 0.15) is 0 Å².